The van der Waals surface area contributed by atoms with E-state index in [-0.39, 0.29) is 10.8 Å². The van der Waals surface area contributed by atoms with Crippen LogP contribution in [0.4, 0.5) is 0 Å². The SMILES string of the molecule is O=c1n(C(c2ccccc2)(c2ccccc2)c2ccccc2)nc2ccc(Cl)nn12. The monoisotopic (exact) mass is 412 g/mol. The molecule has 5 aromatic rings. The molecule has 2 aromatic heterocycles. The van der Waals surface area contributed by atoms with Crippen LogP contribution in [0.15, 0.2) is 108 Å². The zero-order valence-corrected chi connectivity index (χ0v) is 16.6. The molecule has 0 aliphatic rings. The van der Waals surface area contributed by atoms with Crippen LogP contribution in [-0.2, 0) is 5.54 Å². The van der Waals surface area contributed by atoms with Gasteiger partial charge in [0.25, 0.3) is 0 Å². The standard InChI is InChI=1S/C24H17ClN4O/c25-21-16-17-22-27-29(23(30)28(22)26-21)24(18-10-4-1-5-11-18,19-12-6-2-7-13-19)20-14-8-3-9-15-20/h1-17H. The third-order valence-corrected chi connectivity index (χ3v) is 5.44. The summed E-state index contributed by atoms with van der Waals surface area (Å²) in [5.74, 6) is 0. The molecule has 6 heteroatoms. The van der Waals surface area contributed by atoms with E-state index >= 15 is 0 Å². The van der Waals surface area contributed by atoms with E-state index < -0.39 is 5.54 Å². The molecule has 0 aliphatic carbocycles. The Kier molecular flexibility index (Phi) is 4.45. The molecule has 0 bridgehead atoms. The zero-order chi connectivity index (χ0) is 20.6. The number of fused-ring (bicyclic) bond motifs is 1. The number of aromatic nitrogens is 4. The predicted octanol–water partition coefficient (Wildman–Crippen LogP) is 4.38. The molecule has 0 unspecified atom stereocenters. The fraction of sp³-hybridized carbons (Fsp3) is 0.0417. The Hall–Kier alpha value is -3.70. The van der Waals surface area contributed by atoms with Crippen LogP contribution < -0.4 is 5.69 Å². The lowest BCUT2D eigenvalue weighted by molar-refractivity contribution is 0.443. The van der Waals surface area contributed by atoms with Gasteiger partial charge in [-0.05, 0) is 28.8 Å². The zero-order valence-electron chi connectivity index (χ0n) is 15.9. The van der Waals surface area contributed by atoms with Gasteiger partial charge in [-0.15, -0.1) is 10.2 Å². The second-order valence-electron chi connectivity index (χ2n) is 6.93. The van der Waals surface area contributed by atoms with E-state index in [2.05, 4.69) is 5.10 Å². The first kappa shape index (κ1) is 18.3. The van der Waals surface area contributed by atoms with Crippen LogP contribution in [-0.4, -0.2) is 19.4 Å². The van der Waals surface area contributed by atoms with Gasteiger partial charge >= 0.3 is 5.69 Å². The molecule has 0 radical (unpaired) electrons. The van der Waals surface area contributed by atoms with E-state index in [1.807, 2.05) is 91.0 Å². The van der Waals surface area contributed by atoms with Gasteiger partial charge in [-0.3, -0.25) is 0 Å². The number of benzene rings is 3. The number of hydrogen-bond donors (Lipinski definition) is 0. The fourth-order valence-corrected chi connectivity index (χ4v) is 4.11. The van der Waals surface area contributed by atoms with Crippen LogP contribution in [0.1, 0.15) is 16.7 Å². The molecule has 0 amide bonds. The van der Waals surface area contributed by atoms with E-state index in [1.165, 1.54) is 9.20 Å². The Labute approximate surface area is 177 Å². The van der Waals surface area contributed by atoms with Crippen molar-refractivity contribution < 1.29 is 0 Å². The summed E-state index contributed by atoms with van der Waals surface area (Å²) in [7, 11) is 0. The molecule has 0 saturated carbocycles. The Bertz CT molecular complexity index is 1270. The third kappa shape index (κ3) is 2.75. The Morgan fingerprint density at radius 2 is 1.10 bits per heavy atom. The average Bonchev–Trinajstić information content (AvgIpc) is 3.13. The Morgan fingerprint density at radius 3 is 1.57 bits per heavy atom. The minimum absolute atomic E-state index is 0.230. The molecule has 146 valence electrons. The quantitative estimate of drug-likeness (QED) is 0.411. The minimum Gasteiger partial charge on any atom is -0.244 e. The third-order valence-electron chi connectivity index (χ3n) is 5.24. The van der Waals surface area contributed by atoms with E-state index in [9.17, 15) is 4.79 Å². The van der Waals surface area contributed by atoms with Crippen molar-refractivity contribution in [2.75, 3.05) is 0 Å². The first-order chi connectivity index (χ1) is 14.7. The number of nitrogens with zero attached hydrogens (tertiary/aromatic N) is 4. The highest BCUT2D eigenvalue weighted by molar-refractivity contribution is 6.29. The van der Waals surface area contributed by atoms with Crippen molar-refractivity contribution in [2.45, 2.75) is 5.54 Å². The van der Waals surface area contributed by atoms with Gasteiger partial charge in [-0.1, -0.05) is 103 Å². The maximum Gasteiger partial charge on any atom is 0.368 e. The summed E-state index contributed by atoms with van der Waals surface area (Å²) in [5, 5.41) is 9.11. The van der Waals surface area contributed by atoms with Gasteiger partial charge in [0.05, 0.1) is 0 Å². The van der Waals surface area contributed by atoms with Crippen molar-refractivity contribution in [1.82, 2.24) is 19.4 Å². The summed E-state index contributed by atoms with van der Waals surface area (Å²) in [6, 6.07) is 33.0. The van der Waals surface area contributed by atoms with Gasteiger partial charge in [-0.2, -0.15) is 9.20 Å². The molecule has 0 aliphatic heterocycles. The number of rotatable bonds is 4. The van der Waals surface area contributed by atoms with Crippen molar-refractivity contribution in [2.24, 2.45) is 0 Å². The summed E-state index contributed by atoms with van der Waals surface area (Å²) in [6.07, 6.45) is 0. The summed E-state index contributed by atoms with van der Waals surface area (Å²) < 4.78 is 2.75. The predicted molar refractivity (Wildman–Crippen MR) is 117 cm³/mol. The largest absolute Gasteiger partial charge is 0.368 e. The van der Waals surface area contributed by atoms with Gasteiger partial charge in [0.15, 0.2) is 5.65 Å². The molecule has 5 nitrogen and oxygen atoms in total. The first-order valence-electron chi connectivity index (χ1n) is 9.53. The molecule has 30 heavy (non-hydrogen) atoms. The minimum atomic E-state index is -0.985. The molecule has 3 aromatic carbocycles. The van der Waals surface area contributed by atoms with Crippen molar-refractivity contribution in [1.29, 1.82) is 0 Å². The van der Waals surface area contributed by atoms with E-state index in [0.717, 1.165) is 16.7 Å². The molecular weight excluding hydrogens is 396 g/mol. The molecule has 2 heterocycles. The van der Waals surface area contributed by atoms with Crippen LogP contribution in [0.2, 0.25) is 5.15 Å². The maximum absolute atomic E-state index is 13.6. The second kappa shape index (κ2) is 7.28. The molecule has 5 rings (SSSR count). The van der Waals surface area contributed by atoms with Gasteiger partial charge in [0.1, 0.15) is 10.7 Å². The first-order valence-corrected chi connectivity index (χ1v) is 9.91. The summed E-state index contributed by atoms with van der Waals surface area (Å²) in [4.78, 5) is 13.6. The molecule has 0 spiro atoms. The van der Waals surface area contributed by atoms with Crippen molar-refractivity contribution >= 4 is 17.2 Å². The van der Waals surface area contributed by atoms with Crippen LogP contribution in [0, 0.1) is 0 Å². The highest BCUT2D eigenvalue weighted by Gasteiger charge is 2.41. The van der Waals surface area contributed by atoms with Crippen molar-refractivity contribution in [3.8, 4) is 0 Å². The molecule has 0 N–H and O–H groups in total. The van der Waals surface area contributed by atoms with E-state index in [1.54, 1.807) is 12.1 Å². The smallest absolute Gasteiger partial charge is 0.244 e. The summed E-state index contributed by atoms with van der Waals surface area (Å²) in [5.41, 5.74) is 1.82. The van der Waals surface area contributed by atoms with Crippen molar-refractivity contribution in [3.05, 3.63) is 135 Å². The molecule has 0 fully saturated rings. The average molecular weight is 413 g/mol. The lowest BCUT2D eigenvalue weighted by atomic mass is 9.77. The van der Waals surface area contributed by atoms with Gasteiger partial charge in [0, 0.05) is 0 Å². The number of halogens is 1. The van der Waals surface area contributed by atoms with Crippen LogP contribution >= 0.6 is 11.6 Å². The van der Waals surface area contributed by atoms with E-state index in [4.69, 9.17) is 16.7 Å². The van der Waals surface area contributed by atoms with Crippen LogP contribution in [0.3, 0.4) is 0 Å². The summed E-state index contributed by atoms with van der Waals surface area (Å²) >= 11 is 6.06. The normalized spacial score (nSPS) is 11.6. The Morgan fingerprint density at radius 1 is 0.633 bits per heavy atom. The number of hydrogen-bond acceptors (Lipinski definition) is 3. The lowest BCUT2D eigenvalue weighted by Gasteiger charge is -2.35. The Balaban J connectivity index is 1.98. The van der Waals surface area contributed by atoms with Gasteiger partial charge in [-0.25, -0.2) is 4.79 Å². The van der Waals surface area contributed by atoms with Gasteiger partial charge < -0.3 is 0 Å². The van der Waals surface area contributed by atoms with Crippen LogP contribution in [0.5, 0.6) is 0 Å². The molecule has 0 saturated heterocycles. The summed E-state index contributed by atoms with van der Waals surface area (Å²) in [6.45, 7) is 0. The highest BCUT2D eigenvalue weighted by atomic mass is 35.5. The van der Waals surface area contributed by atoms with Crippen molar-refractivity contribution in [3.63, 3.8) is 0 Å². The molecule has 0 atom stereocenters. The second-order valence-corrected chi connectivity index (χ2v) is 7.32. The molecular formula is C24H17ClN4O. The van der Waals surface area contributed by atoms with E-state index in [0.29, 0.717) is 5.65 Å². The van der Waals surface area contributed by atoms with Gasteiger partial charge in [0.2, 0.25) is 0 Å². The fourth-order valence-electron chi connectivity index (χ4n) is 3.97. The highest BCUT2D eigenvalue weighted by Crippen LogP contribution is 2.39. The topological polar surface area (TPSA) is 52.2 Å². The lowest BCUT2D eigenvalue weighted by Crippen LogP contribution is -2.44. The van der Waals surface area contributed by atoms with Crippen LogP contribution in [0.25, 0.3) is 5.65 Å². The maximum atomic E-state index is 13.6.